The largest absolute Gasteiger partial charge is 0.377 e. The fourth-order valence-electron chi connectivity index (χ4n) is 3.11. The molecule has 0 aliphatic heterocycles. The van der Waals surface area contributed by atoms with Crippen LogP contribution in [-0.2, 0) is 4.74 Å². The zero-order valence-corrected chi connectivity index (χ0v) is 13.2. The molecule has 20 heavy (non-hydrogen) atoms. The van der Waals surface area contributed by atoms with Gasteiger partial charge < -0.3 is 10.1 Å². The summed E-state index contributed by atoms with van der Waals surface area (Å²) in [7, 11) is 0. The molecule has 2 rings (SSSR count). The molecule has 112 valence electrons. The van der Waals surface area contributed by atoms with E-state index in [0.717, 1.165) is 13.2 Å². The molecule has 0 amide bonds. The number of aryl methyl sites for hydroxylation is 2. The Morgan fingerprint density at radius 3 is 2.40 bits per heavy atom. The number of nitrogens with one attached hydrogen (secondary N) is 1. The molecule has 1 saturated carbocycles. The Morgan fingerprint density at radius 1 is 1.10 bits per heavy atom. The van der Waals surface area contributed by atoms with Crippen LogP contribution in [0.4, 0.5) is 0 Å². The zero-order chi connectivity index (χ0) is 14.4. The Labute approximate surface area is 123 Å². The average Bonchev–Trinajstić information content (AvgIpc) is 2.43. The molecule has 1 atom stereocenters. The fraction of sp³-hybridized carbons (Fsp3) is 0.667. The van der Waals surface area contributed by atoms with Crippen LogP contribution in [0.3, 0.4) is 0 Å². The molecule has 1 aromatic rings. The van der Waals surface area contributed by atoms with Gasteiger partial charge in [-0.25, -0.2) is 0 Å². The Morgan fingerprint density at radius 2 is 1.75 bits per heavy atom. The van der Waals surface area contributed by atoms with Crippen LogP contribution >= 0.6 is 0 Å². The molecule has 2 heteroatoms. The molecule has 1 fully saturated rings. The van der Waals surface area contributed by atoms with Gasteiger partial charge in [0.05, 0.1) is 12.7 Å². The van der Waals surface area contributed by atoms with E-state index in [1.807, 2.05) is 0 Å². The molecule has 1 unspecified atom stereocenters. The van der Waals surface area contributed by atoms with Crippen molar-refractivity contribution in [1.29, 1.82) is 0 Å². The van der Waals surface area contributed by atoms with Crippen molar-refractivity contribution in [2.45, 2.75) is 65.0 Å². The van der Waals surface area contributed by atoms with Gasteiger partial charge in [0.2, 0.25) is 0 Å². The summed E-state index contributed by atoms with van der Waals surface area (Å²) >= 11 is 0. The minimum Gasteiger partial charge on any atom is -0.377 e. The van der Waals surface area contributed by atoms with Gasteiger partial charge in [-0.1, -0.05) is 48.6 Å². The van der Waals surface area contributed by atoms with Crippen LogP contribution in [0.1, 0.15) is 61.8 Å². The van der Waals surface area contributed by atoms with E-state index in [9.17, 15) is 0 Å². The molecule has 1 aromatic carbocycles. The number of hydrogen-bond donors (Lipinski definition) is 1. The molecule has 1 aliphatic rings. The summed E-state index contributed by atoms with van der Waals surface area (Å²) in [6.07, 6.45) is 7.11. The van der Waals surface area contributed by atoms with Crippen LogP contribution in [0.25, 0.3) is 0 Å². The van der Waals surface area contributed by atoms with Crippen molar-refractivity contribution in [3.05, 3.63) is 34.9 Å². The molecule has 0 radical (unpaired) electrons. The average molecular weight is 275 g/mol. The molecule has 2 nitrogen and oxygen atoms in total. The van der Waals surface area contributed by atoms with Crippen LogP contribution in [0, 0.1) is 13.8 Å². The van der Waals surface area contributed by atoms with Gasteiger partial charge in [0.25, 0.3) is 0 Å². The van der Waals surface area contributed by atoms with Crippen LogP contribution in [0.5, 0.6) is 0 Å². The van der Waals surface area contributed by atoms with E-state index in [1.165, 1.54) is 48.8 Å². The Balaban J connectivity index is 1.70. The van der Waals surface area contributed by atoms with E-state index >= 15 is 0 Å². The molecule has 0 aromatic heterocycles. The second-order valence-corrected chi connectivity index (χ2v) is 6.23. The van der Waals surface area contributed by atoms with Crippen LogP contribution in [0.15, 0.2) is 18.2 Å². The monoisotopic (exact) mass is 275 g/mol. The molecule has 0 spiro atoms. The van der Waals surface area contributed by atoms with Crippen LogP contribution in [0.2, 0.25) is 0 Å². The van der Waals surface area contributed by atoms with Crippen molar-refractivity contribution in [1.82, 2.24) is 5.32 Å². The highest BCUT2D eigenvalue weighted by Crippen LogP contribution is 2.20. The third kappa shape index (κ3) is 4.92. The van der Waals surface area contributed by atoms with Crippen molar-refractivity contribution in [2.24, 2.45) is 0 Å². The SMILES string of the molecule is Cc1cc(C)cc(C(C)NCCOC2CCCCC2)c1. The van der Waals surface area contributed by atoms with E-state index in [0.29, 0.717) is 12.1 Å². The van der Waals surface area contributed by atoms with Gasteiger partial charge in [-0.3, -0.25) is 0 Å². The first-order valence-electron chi connectivity index (χ1n) is 8.08. The molecule has 1 aliphatic carbocycles. The number of hydrogen-bond acceptors (Lipinski definition) is 2. The van der Waals surface area contributed by atoms with Gasteiger partial charge in [0.15, 0.2) is 0 Å². The lowest BCUT2D eigenvalue weighted by Crippen LogP contribution is -2.26. The lowest BCUT2D eigenvalue weighted by Gasteiger charge is -2.23. The third-order valence-corrected chi connectivity index (χ3v) is 4.20. The maximum Gasteiger partial charge on any atom is 0.0594 e. The van der Waals surface area contributed by atoms with E-state index < -0.39 is 0 Å². The summed E-state index contributed by atoms with van der Waals surface area (Å²) in [5.41, 5.74) is 4.05. The van der Waals surface area contributed by atoms with Gasteiger partial charge >= 0.3 is 0 Å². The van der Waals surface area contributed by atoms with Crippen molar-refractivity contribution >= 4 is 0 Å². The molecule has 0 saturated heterocycles. The summed E-state index contributed by atoms with van der Waals surface area (Å²) in [6, 6.07) is 7.16. The fourth-order valence-corrected chi connectivity index (χ4v) is 3.11. The van der Waals surface area contributed by atoms with Crippen molar-refractivity contribution < 1.29 is 4.74 Å². The van der Waals surface area contributed by atoms with E-state index in [1.54, 1.807) is 0 Å². The lowest BCUT2D eigenvalue weighted by molar-refractivity contribution is 0.0295. The summed E-state index contributed by atoms with van der Waals surface area (Å²) in [5.74, 6) is 0. The minimum atomic E-state index is 0.392. The normalized spacial score (nSPS) is 18.1. The van der Waals surface area contributed by atoms with Gasteiger partial charge in [-0.2, -0.15) is 0 Å². The van der Waals surface area contributed by atoms with Crippen molar-refractivity contribution in [3.8, 4) is 0 Å². The molecule has 1 N–H and O–H groups in total. The zero-order valence-electron chi connectivity index (χ0n) is 13.2. The highest BCUT2D eigenvalue weighted by atomic mass is 16.5. The minimum absolute atomic E-state index is 0.392. The molecular formula is C18H29NO. The Hall–Kier alpha value is -0.860. The van der Waals surface area contributed by atoms with Crippen molar-refractivity contribution in [3.63, 3.8) is 0 Å². The first-order chi connectivity index (χ1) is 9.65. The third-order valence-electron chi connectivity index (χ3n) is 4.20. The predicted octanol–water partition coefficient (Wildman–Crippen LogP) is 4.30. The van der Waals surface area contributed by atoms with E-state index in [2.05, 4.69) is 44.3 Å². The topological polar surface area (TPSA) is 21.3 Å². The highest BCUT2D eigenvalue weighted by molar-refractivity contribution is 5.30. The smallest absolute Gasteiger partial charge is 0.0594 e. The summed E-state index contributed by atoms with van der Waals surface area (Å²) in [6.45, 7) is 8.32. The molecular weight excluding hydrogens is 246 g/mol. The Bertz CT molecular complexity index is 390. The van der Waals surface area contributed by atoms with Gasteiger partial charge in [-0.05, 0) is 39.2 Å². The van der Waals surface area contributed by atoms with Crippen molar-refractivity contribution in [2.75, 3.05) is 13.2 Å². The molecule has 0 heterocycles. The van der Waals surface area contributed by atoms with Crippen LogP contribution < -0.4 is 5.32 Å². The Kier molecular flexibility index (Phi) is 6.06. The van der Waals surface area contributed by atoms with Gasteiger partial charge in [0, 0.05) is 12.6 Å². The first-order valence-corrected chi connectivity index (χ1v) is 8.08. The number of ether oxygens (including phenoxy) is 1. The maximum atomic E-state index is 5.95. The highest BCUT2D eigenvalue weighted by Gasteiger charge is 2.13. The molecule has 0 bridgehead atoms. The lowest BCUT2D eigenvalue weighted by atomic mass is 9.98. The standard InChI is InChI=1S/C18H29NO/c1-14-11-15(2)13-17(12-14)16(3)19-9-10-20-18-7-5-4-6-8-18/h11-13,16,18-19H,4-10H2,1-3H3. The first kappa shape index (κ1) is 15.5. The summed E-state index contributed by atoms with van der Waals surface area (Å²) in [4.78, 5) is 0. The van der Waals surface area contributed by atoms with Gasteiger partial charge in [-0.15, -0.1) is 0 Å². The maximum absolute atomic E-state index is 5.95. The van der Waals surface area contributed by atoms with Gasteiger partial charge in [0.1, 0.15) is 0 Å². The number of rotatable bonds is 6. The number of benzene rings is 1. The van der Waals surface area contributed by atoms with E-state index in [-0.39, 0.29) is 0 Å². The predicted molar refractivity (Wildman–Crippen MR) is 85.2 cm³/mol. The van der Waals surface area contributed by atoms with Crippen LogP contribution in [-0.4, -0.2) is 19.3 Å². The summed E-state index contributed by atoms with van der Waals surface area (Å²) in [5, 5.41) is 3.57. The second-order valence-electron chi connectivity index (χ2n) is 6.23. The summed E-state index contributed by atoms with van der Waals surface area (Å²) < 4.78 is 5.95. The second kappa shape index (κ2) is 7.80. The quantitative estimate of drug-likeness (QED) is 0.781. The van der Waals surface area contributed by atoms with E-state index in [4.69, 9.17) is 4.74 Å².